The van der Waals surface area contributed by atoms with Crippen LogP contribution in [0, 0.1) is 5.82 Å². The summed E-state index contributed by atoms with van der Waals surface area (Å²) in [4.78, 5) is 0. The lowest BCUT2D eigenvalue weighted by atomic mass is 10.3. The maximum Gasteiger partial charge on any atom is 0.233 e. The van der Waals surface area contributed by atoms with E-state index < -0.39 is 15.8 Å². The molecule has 0 aliphatic rings. The first-order valence-electron chi connectivity index (χ1n) is 5.60. The van der Waals surface area contributed by atoms with E-state index in [1.165, 1.54) is 6.07 Å². The van der Waals surface area contributed by atoms with E-state index in [1.54, 1.807) is 0 Å². The second-order valence-electron chi connectivity index (χ2n) is 3.83. The first kappa shape index (κ1) is 15.2. The SMILES string of the molecule is CCCNCCS(=O)(=O)Nc1cc(F)cc(Cl)c1. The minimum atomic E-state index is -3.49. The third-order valence-electron chi connectivity index (χ3n) is 2.11. The molecule has 0 spiro atoms. The fourth-order valence-electron chi connectivity index (χ4n) is 1.35. The summed E-state index contributed by atoms with van der Waals surface area (Å²) in [6.45, 7) is 3.11. The molecule has 1 rings (SSSR count). The van der Waals surface area contributed by atoms with Crippen LogP contribution < -0.4 is 10.0 Å². The van der Waals surface area contributed by atoms with Crippen LogP contribution in [-0.4, -0.2) is 27.3 Å². The average Bonchev–Trinajstić information content (AvgIpc) is 2.22. The van der Waals surface area contributed by atoms with Gasteiger partial charge in [-0.1, -0.05) is 18.5 Å². The van der Waals surface area contributed by atoms with Crippen molar-refractivity contribution in [2.24, 2.45) is 0 Å². The Morgan fingerprint density at radius 1 is 1.28 bits per heavy atom. The molecule has 0 unspecified atom stereocenters. The highest BCUT2D eigenvalue weighted by molar-refractivity contribution is 7.92. The van der Waals surface area contributed by atoms with Crippen LogP contribution in [0.4, 0.5) is 10.1 Å². The summed E-state index contributed by atoms with van der Waals surface area (Å²) in [6.07, 6.45) is 0.937. The van der Waals surface area contributed by atoms with E-state index in [9.17, 15) is 12.8 Å². The van der Waals surface area contributed by atoms with Gasteiger partial charge in [0.05, 0.1) is 11.4 Å². The smallest absolute Gasteiger partial charge is 0.233 e. The molecule has 0 saturated carbocycles. The maximum atomic E-state index is 13.0. The van der Waals surface area contributed by atoms with Gasteiger partial charge in [0, 0.05) is 11.6 Å². The van der Waals surface area contributed by atoms with Gasteiger partial charge in [0.1, 0.15) is 5.82 Å². The lowest BCUT2D eigenvalue weighted by molar-refractivity contribution is 0.595. The van der Waals surface area contributed by atoms with E-state index in [4.69, 9.17) is 11.6 Å². The molecule has 7 heteroatoms. The fourth-order valence-corrected chi connectivity index (χ4v) is 2.57. The van der Waals surface area contributed by atoms with Crippen LogP contribution in [-0.2, 0) is 10.0 Å². The molecular formula is C11H16ClFN2O2S. The normalized spacial score (nSPS) is 11.5. The van der Waals surface area contributed by atoms with E-state index in [2.05, 4.69) is 10.0 Å². The van der Waals surface area contributed by atoms with E-state index in [0.717, 1.165) is 25.1 Å². The van der Waals surface area contributed by atoms with Gasteiger partial charge in [-0.2, -0.15) is 0 Å². The largest absolute Gasteiger partial charge is 0.316 e. The highest BCUT2D eigenvalue weighted by atomic mass is 35.5. The second-order valence-corrected chi connectivity index (χ2v) is 6.11. The van der Waals surface area contributed by atoms with E-state index >= 15 is 0 Å². The molecule has 1 aromatic rings. The van der Waals surface area contributed by atoms with Crippen LogP contribution in [0.15, 0.2) is 18.2 Å². The first-order chi connectivity index (χ1) is 8.43. The van der Waals surface area contributed by atoms with E-state index in [0.29, 0.717) is 6.54 Å². The Balaban J connectivity index is 2.59. The molecule has 18 heavy (non-hydrogen) atoms. The van der Waals surface area contributed by atoms with Gasteiger partial charge in [-0.15, -0.1) is 0 Å². The minimum absolute atomic E-state index is 0.0683. The number of nitrogens with one attached hydrogen (secondary N) is 2. The van der Waals surface area contributed by atoms with E-state index in [-0.39, 0.29) is 16.5 Å². The quantitative estimate of drug-likeness (QED) is 0.758. The number of hydrogen-bond acceptors (Lipinski definition) is 3. The third kappa shape index (κ3) is 5.66. The van der Waals surface area contributed by atoms with Gasteiger partial charge in [-0.25, -0.2) is 12.8 Å². The highest BCUT2D eigenvalue weighted by Gasteiger charge is 2.10. The molecular weight excluding hydrogens is 279 g/mol. The van der Waals surface area contributed by atoms with Crippen molar-refractivity contribution in [3.05, 3.63) is 29.0 Å². The van der Waals surface area contributed by atoms with Gasteiger partial charge in [0.15, 0.2) is 0 Å². The summed E-state index contributed by atoms with van der Waals surface area (Å²) < 4.78 is 38.6. The predicted octanol–water partition coefficient (Wildman–Crippen LogP) is 2.22. The lowest BCUT2D eigenvalue weighted by Crippen LogP contribution is -2.27. The number of sulfonamides is 1. The molecule has 0 aromatic heterocycles. The topological polar surface area (TPSA) is 58.2 Å². The monoisotopic (exact) mass is 294 g/mol. The lowest BCUT2D eigenvalue weighted by Gasteiger charge is -2.09. The minimum Gasteiger partial charge on any atom is -0.316 e. The molecule has 0 radical (unpaired) electrons. The molecule has 0 bridgehead atoms. The van der Waals surface area contributed by atoms with Crippen molar-refractivity contribution < 1.29 is 12.8 Å². The Morgan fingerprint density at radius 2 is 2.00 bits per heavy atom. The zero-order chi connectivity index (χ0) is 13.6. The van der Waals surface area contributed by atoms with Crippen molar-refractivity contribution >= 4 is 27.3 Å². The van der Waals surface area contributed by atoms with Gasteiger partial charge >= 0.3 is 0 Å². The van der Waals surface area contributed by atoms with Crippen LogP contribution in [0.5, 0.6) is 0 Å². The van der Waals surface area contributed by atoms with E-state index in [1.807, 2.05) is 6.92 Å². The third-order valence-corrected chi connectivity index (χ3v) is 3.62. The van der Waals surface area contributed by atoms with Gasteiger partial charge in [-0.05, 0) is 31.2 Å². The first-order valence-corrected chi connectivity index (χ1v) is 7.63. The molecule has 0 atom stereocenters. The Bertz CT molecular complexity index is 474. The summed E-state index contributed by atoms with van der Waals surface area (Å²) in [5.41, 5.74) is 0.135. The van der Waals surface area contributed by atoms with Crippen molar-refractivity contribution in [1.82, 2.24) is 5.32 Å². The average molecular weight is 295 g/mol. The molecule has 0 heterocycles. The number of hydrogen-bond donors (Lipinski definition) is 2. The van der Waals surface area contributed by atoms with Crippen molar-refractivity contribution in [1.29, 1.82) is 0 Å². The summed E-state index contributed by atoms with van der Waals surface area (Å²) in [6, 6.07) is 3.56. The van der Waals surface area contributed by atoms with Crippen molar-refractivity contribution in [2.75, 3.05) is 23.6 Å². The Hall–Kier alpha value is -0.850. The maximum absolute atomic E-state index is 13.0. The Kier molecular flexibility index (Phi) is 5.84. The molecule has 0 saturated heterocycles. The van der Waals surface area contributed by atoms with Crippen LogP contribution in [0.2, 0.25) is 5.02 Å². The van der Waals surface area contributed by atoms with Gasteiger partial charge in [0.25, 0.3) is 0 Å². The van der Waals surface area contributed by atoms with Crippen molar-refractivity contribution in [2.45, 2.75) is 13.3 Å². The standard InChI is InChI=1S/C11H16ClFN2O2S/c1-2-3-14-4-5-18(16,17)15-11-7-9(12)6-10(13)8-11/h6-8,14-15H,2-5H2,1H3. The fraction of sp³-hybridized carbons (Fsp3) is 0.455. The van der Waals surface area contributed by atoms with Crippen LogP contribution >= 0.6 is 11.6 Å². The van der Waals surface area contributed by atoms with Gasteiger partial charge in [-0.3, -0.25) is 4.72 Å². The summed E-state index contributed by atoms with van der Waals surface area (Å²) in [5, 5.41) is 3.13. The number of halogens is 2. The summed E-state index contributed by atoms with van der Waals surface area (Å²) in [5.74, 6) is -0.648. The molecule has 1 aromatic carbocycles. The molecule has 0 amide bonds. The predicted molar refractivity (Wildman–Crippen MR) is 72.0 cm³/mol. The molecule has 0 aliphatic carbocycles. The molecule has 0 aliphatic heterocycles. The zero-order valence-corrected chi connectivity index (χ0v) is 11.6. The second kappa shape index (κ2) is 6.92. The summed E-state index contributed by atoms with van der Waals surface area (Å²) >= 11 is 5.64. The van der Waals surface area contributed by atoms with Gasteiger partial charge in [0.2, 0.25) is 10.0 Å². The Morgan fingerprint density at radius 3 is 2.61 bits per heavy atom. The molecule has 102 valence electrons. The molecule has 4 nitrogen and oxygen atoms in total. The van der Waals surface area contributed by atoms with Gasteiger partial charge < -0.3 is 5.32 Å². The highest BCUT2D eigenvalue weighted by Crippen LogP contribution is 2.18. The van der Waals surface area contributed by atoms with Crippen molar-refractivity contribution in [3.8, 4) is 0 Å². The van der Waals surface area contributed by atoms with Crippen LogP contribution in [0.25, 0.3) is 0 Å². The Labute approximate surface area is 112 Å². The number of benzene rings is 1. The molecule has 2 N–H and O–H groups in total. The van der Waals surface area contributed by atoms with Crippen LogP contribution in [0.1, 0.15) is 13.3 Å². The van der Waals surface area contributed by atoms with Crippen molar-refractivity contribution in [3.63, 3.8) is 0 Å². The molecule has 0 fully saturated rings. The number of anilines is 1. The number of rotatable bonds is 7. The van der Waals surface area contributed by atoms with Crippen LogP contribution in [0.3, 0.4) is 0 Å². The zero-order valence-electron chi connectivity index (χ0n) is 10.0. The summed E-state index contributed by atoms with van der Waals surface area (Å²) in [7, 11) is -3.49.